The highest BCUT2D eigenvalue weighted by Gasteiger charge is 2.21. The van der Waals surface area contributed by atoms with Gasteiger partial charge in [-0.2, -0.15) is 0 Å². The van der Waals surface area contributed by atoms with Gasteiger partial charge in [-0.3, -0.25) is 4.79 Å². The number of aromatic nitrogens is 2. The second-order valence-electron chi connectivity index (χ2n) is 8.23. The number of carbonyl (C=O) groups excluding carboxylic acids is 1. The van der Waals surface area contributed by atoms with E-state index in [9.17, 15) is 4.79 Å². The maximum Gasteiger partial charge on any atom is 0.243 e. The molecule has 1 amide bonds. The maximum absolute atomic E-state index is 13.4. The lowest BCUT2D eigenvalue weighted by Gasteiger charge is -2.27. The summed E-state index contributed by atoms with van der Waals surface area (Å²) in [6.07, 6.45) is 0.645. The zero-order valence-electron chi connectivity index (χ0n) is 18.9. The van der Waals surface area contributed by atoms with Crippen molar-refractivity contribution in [2.75, 3.05) is 7.11 Å². The van der Waals surface area contributed by atoms with Crippen LogP contribution in [0.1, 0.15) is 30.8 Å². The van der Waals surface area contributed by atoms with Crippen LogP contribution >= 0.6 is 0 Å². The molecule has 0 atom stereocenters. The molecule has 0 aliphatic heterocycles. The molecule has 164 valence electrons. The van der Waals surface area contributed by atoms with E-state index in [1.165, 1.54) is 0 Å². The van der Waals surface area contributed by atoms with Crippen molar-refractivity contribution < 1.29 is 9.53 Å². The van der Waals surface area contributed by atoms with Gasteiger partial charge in [-0.05, 0) is 49.2 Å². The highest BCUT2D eigenvalue weighted by molar-refractivity contribution is 5.81. The Bertz CT molecular complexity index is 1180. The van der Waals surface area contributed by atoms with E-state index in [-0.39, 0.29) is 18.5 Å². The molecule has 4 aromatic rings. The van der Waals surface area contributed by atoms with Gasteiger partial charge in [0.1, 0.15) is 18.1 Å². The average Bonchev–Trinajstić information content (AvgIpc) is 3.15. The summed E-state index contributed by atoms with van der Waals surface area (Å²) in [4.78, 5) is 20.2. The van der Waals surface area contributed by atoms with Gasteiger partial charge in [0.15, 0.2) is 0 Å². The third-order valence-corrected chi connectivity index (χ3v) is 5.69. The van der Waals surface area contributed by atoms with Crippen molar-refractivity contribution in [3.63, 3.8) is 0 Å². The van der Waals surface area contributed by atoms with Crippen LogP contribution in [0.5, 0.6) is 5.75 Å². The molecular formula is C27H29N3O2. The molecule has 0 fully saturated rings. The van der Waals surface area contributed by atoms with E-state index in [1.54, 1.807) is 7.11 Å². The van der Waals surface area contributed by atoms with Gasteiger partial charge in [-0.25, -0.2) is 4.98 Å². The fraction of sp³-hybridized carbons (Fsp3) is 0.259. The normalized spacial score (nSPS) is 11.1. The monoisotopic (exact) mass is 427 g/mol. The highest BCUT2D eigenvalue weighted by atomic mass is 16.5. The smallest absolute Gasteiger partial charge is 0.243 e. The predicted octanol–water partition coefficient (Wildman–Crippen LogP) is 5.07. The van der Waals surface area contributed by atoms with Crippen molar-refractivity contribution in [3.05, 3.63) is 95.8 Å². The summed E-state index contributed by atoms with van der Waals surface area (Å²) in [5.41, 5.74) is 4.14. The molecule has 0 unspecified atom stereocenters. The van der Waals surface area contributed by atoms with Crippen LogP contribution in [0.15, 0.2) is 78.9 Å². The van der Waals surface area contributed by atoms with Crippen molar-refractivity contribution in [3.8, 4) is 5.75 Å². The molecular weight excluding hydrogens is 398 g/mol. The molecule has 1 aromatic heterocycles. The quantitative estimate of drug-likeness (QED) is 0.394. The van der Waals surface area contributed by atoms with Crippen LogP contribution in [0.3, 0.4) is 0 Å². The number of hydrogen-bond donors (Lipinski definition) is 0. The van der Waals surface area contributed by atoms with Crippen LogP contribution in [-0.2, 0) is 24.3 Å². The Labute approximate surface area is 189 Å². The standard InChI is InChI=1S/C27H29N3O2/c1-20(2)29(18-22-9-5-4-6-10-22)27(31)19-30-25-12-8-7-11-24(25)28-26(30)17-21-13-15-23(32-3)16-14-21/h4-16,20H,17-19H2,1-3H3. The molecule has 0 bridgehead atoms. The molecule has 5 heteroatoms. The molecule has 32 heavy (non-hydrogen) atoms. The van der Waals surface area contributed by atoms with Gasteiger partial charge in [0, 0.05) is 19.0 Å². The number of para-hydroxylation sites is 2. The minimum atomic E-state index is 0.0861. The Balaban J connectivity index is 1.63. The lowest BCUT2D eigenvalue weighted by Crippen LogP contribution is -2.38. The number of benzene rings is 3. The lowest BCUT2D eigenvalue weighted by molar-refractivity contribution is -0.134. The lowest BCUT2D eigenvalue weighted by atomic mass is 10.1. The van der Waals surface area contributed by atoms with Crippen LogP contribution in [0.25, 0.3) is 11.0 Å². The molecule has 1 heterocycles. The Morgan fingerprint density at radius 3 is 2.31 bits per heavy atom. The van der Waals surface area contributed by atoms with Crippen molar-refractivity contribution >= 4 is 16.9 Å². The number of imidazole rings is 1. The number of ether oxygens (including phenoxy) is 1. The first-order valence-electron chi connectivity index (χ1n) is 11.0. The van der Waals surface area contributed by atoms with Crippen molar-refractivity contribution in [2.45, 2.75) is 39.4 Å². The van der Waals surface area contributed by atoms with Gasteiger partial charge in [-0.15, -0.1) is 0 Å². The number of methoxy groups -OCH3 is 1. The van der Waals surface area contributed by atoms with E-state index in [0.29, 0.717) is 13.0 Å². The van der Waals surface area contributed by atoms with Crippen LogP contribution < -0.4 is 4.74 Å². The van der Waals surface area contributed by atoms with Crippen LogP contribution in [0.4, 0.5) is 0 Å². The van der Waals surface area contributed by atoms with Crippen LogP contribution in [0.2, 0.25) is 0 Å². The summed E-state index contributed by atoms with van der Waals surface area (Å²) >= 11 is 0. The first kappa shape index (κ1) is 21.6. The number of fused-ring (bicyclic) bond motifs is 1. The van der Waals surface area contributed by atoms with E-state index in [1.807, 2.05) is 71.6 Å². The summed E-state index contributed by atoms with van der Waals surface area (Å²) < 4.78 is 7.33. The molecule has 4 rings (SSSR count). The summed E-state index contributed by atoms with van der Waals surface area (Å²) in [5.74, 6) is 1.79. The summed E-state index contributed by atoms with van der Waals surface area (Å²) in [7, 11) is 1.66. The van der Waals surface area contributed by atoms with E-state index in [0.717, 1.165) is 33.7 Å². The topological polar surface area (TPSA) is 47.4 Å². The third kappa shape index (κ3) is 4.83. The van der Waals surface area contributed by atoms with E-state index in [2.05, 4.69) is 30.5 Å². The SMILES string of the molecule is COc1ccc(Cc2nc3ccccc3n2CC(=O)N(Cc2ccccc2)C(C)C)cc1. The molecule has 0 spiro atoms. The summed E-state index contributed by atoms with van der Waals surface area (Å²) in [5, 5.41) is 0. The number of hydrogen-bond acceptors (Lipinski definition) is 3. The molecule has 5 nitrogen and oxygen atoms in total. The van der Waals surface area contributed by atoms with Gasteiger partial charge in [-0.1, -0.05) is 54.6 Å². The molecule has 0 saturated carbocycles. The third-order valence-electron chi connectivity index (χ3n) is 5.69. The average molecular weight is 428 g/mol. The van der Waals surface area contributed by atoms with Crippen LogP contribution in [-0.4, -0.2) is 33.5 Å². The Morgan fingerprint density at radius 1 is 0.938 bits per heavy atom. The van der Waals surface area contributed by atoms with Crippen molar-refractivity contribution in [1.29, 1.82) is 0 Å². The fourth-order valence-electron chi connectivity index (χ4n) is 3.93. The first-order chi connectivity index (χ1) is 15.5. The zero-order chi connectivity index (χ0) is 22.5. The predicted molar refractivity (Wildman–Crippen MR) is 128 cm³/mol. The highest BCUT2D eigenvalue weighted by Crippen LogP contribution is 2.21. The second-order valence-corrected chi connectivity index (χ2v) is 8.23. The van der Waals surface area contributed by atoms with Crippen LogP contribution in [0, 0.1) is 0 Å². The van der Waals surface area contributed by atoms with E-state index < -0.39 is 0 Å². The number of rotatable bonds is 8. The van der Waals surface area contributed by atoms with Crippen molar-refractivity contribution in [2.24, 2.45) is 0 Å². The Morgan fingerprint density at radius 2 is 1.62 bits per heavy atom. The van der Waals surface area contributed by atoms with Gasteiger partial charge in [0.2, 0.25) is 5.91 Å². The Kier molecular flexibility index (Phi) is 6.55. The minimum absolute atomic E-state index is 0.0861. The van der Waals surface area contributed by atoms with Gasteiger partial charge >= 0.3 is 0 Å². The van der Waals surface area contributed by atoms with Crippen molar-refractivity contribution in [1.82, 2.24) is 14.5 Å². The zero-order valence-corrected chi connectivity index (χ0v) is 18.9. The van der Waals surface area contributed by atoms with E-state index >= 15 is 0 Å². The molecule has 0 N–H and O–H groups in total. The number of carbonyl (C=O) groups is 1. The van der Waals surface area contributed by atoms with Gasteiger partial charge < -0.3 is 14.2 Å². The fourth-order valence-corrected chi connectivity index (χ4v) is 3.93. The molecule has 0 saturated heterocycles. The number of amides is 1. The number of nitrogens with zero attached hydrogens (tertiary/aromatic N) is 3. The molecule has 0 aliphatic carbocycles. The second kappa shape index (κ2) is 9.69. The molecule has 3 aromatic carbocycles. The maximum atomic E-state index is 13.4. The molecule has 0 radical (unpaired) electrons. The summed E-state index contributed by atoms with van der Waals surface area (Å²) in [6, 6.07) is 26.2. The van der Waals surface area contributed by atoms with E-state index in [4.69, 9.17) is 9.72 Å². The summed E-state index contributed by atoms with van der Waals surface area (Å²) in [6.45, 7) is 4.98. The largest absolute Gasteiger partial charge is 0.497 e. The first-order valence-corrected chi connectivity index (χ1v) is 11.0. The minimum Gasteiger partial charge on any atom is -0.497 e. The van der Waals surface area contributed by atoms with Gasteiger partial charge in [0.25, 0.3) is 0 Å². The Hall–Kier alpha value is -3.60. The van der Waals surface area contributed by atoms with Gasteiger partial charge in [0.05, 0.1) is 18.1 Å². The molecule has 0 aliphatic rings.